The van der Waals surface area contributed by atoms with Gasteiger partial charge in [-0.25, -0.2) is 0 Å². The summed E-state index contributed by atoms with van der Waals surface area (Å²) in [6.45, 7) is 2.53. The minimum absolute atomic E-state index is 0.00721. The van der Waals surface area contributed by atoms with Crippen molar-refractivity contribution < 1.29 is 14.4 Å². The molecule has 1 aliphatic heterocycles. The first kappa shape index (κ1) is 19.9. The zero-order valence-electron chi connectivity index (χ0n) is 15.6. The molecule has 0 aromatic heterocycles. The molecule has 146 valence electrons. The fraction of sp³-hybridized carbons (Fsp3) is 0.286. The van der Waals surface area contributed by atoms with Gasteiger partial charge < -0.3 is 15.5 Å². The largest absolute Gasteiger partial charge is 0.349 e. The van der Waals surface area contributed by atoms with Crippen LogP contribution in [0.25, 0.3) is 0 Å². The summed E-state index contributed by atoms with van der Waals surface area (Å²) in [4.78, 5) is 38.1. The van der Waals surface area contributed by atoms with E-state index in [2.05, 4.69) is 10.6 Å². The van der Waals surface area contributed by atoms with Gasteiger partial charge in [0.05, 0.1) is 10.6 Å². The maximum atomic E-state index is 12.6. The molecule has 2 aromatic rings. The van der Waals surface area contributed by atoms with Crippen molar-refractivity contribution in [3.8, 4) is 0 Å². The number of nitrogens with one attached hydrogen (secondary N) is 2. The van der Waals surface area contributed by atoms with Gasteiger partial charge in [0, 0.05) is 37.3 Å². The molecule has 0 bridgehead atoms. The molecule has 6 nitrogen and oxygen atoms in total. The fourth-order valence-corrected chi connectivity index (χ4v) is 3.46. The van der Waals surface area contributed by atoms with Crippen molar-refractivity contribution in [1.29, 1.82) is 0 Å². The van der Waals surface area contributed by atoms with Crippen LogP contribution < -0.4 is 10.6 Å². The Morgan fingerprint density at radius 2 is 1.75 bits per heavy atom. The van der Waals surface area contributed by atoms with Gasteiger partial charge in [0.1, 0.15) is 0 Å². The van der Waals surface area contributed by atoms with Gasteiger partial charge in [-0.05, 0) is 43.2 Å². The molecular weight excluding hydrogens is 378 g/mol. The SMILES string of the molecule is CC(=O)Nc1cccc(C(=O)NC2CCN(C(=O)c3ccccc3Cl)CC2)c1. The highest BCUT2D eigenvalue weighted by atomic mass is 35.5. The molecule has 1 fully saturated rings. The Hall–Kier alpha value is -2.86. The normalized spacial score (nSPS) is 14.4. The van der Waals surface area contributed by atoms with Crippen molar-refractivity contribution in [2.75, 3.05) is 18.4 Å². The summed E-state index contributed by atoms with van der Waals surface area (Å²) in [6.07, 6.45) is 1.35. The van der Waals surface area contributed by atoms with Gasteiger partial charge in [0.25, 0.3) is 11.8 Å². The molecule has 2 aromatic carbocycles. The highest BCUT2D eigenvalue weighted by Crippen LogP contribution is 2.20. The van der Waals surface area contributed by atoms with E-state index in [-0.39, 0.29) is 23.8 Å². The summed E-state index contributed by atoms with van der Waals surface area (Å²) in [5, 5.41) is 6.13. The Morgan fingerprint density at radius 1 is 1.04 bits per heavy atom. The van der Waals surface area contributed by atoms with Crippen LogP contribution in [0.4, 0.5) is 5.69 Å². The van der Waals surface area contributed by atoms with Gasteiger partial charge in [0.2, 0.25) is 5.91 Å². The minimum atomic E-state index is -0.192. The van der Waals surface area contributed by atoms with Gasteiger partial charge in [0.15, 0.2) is 0 Å². The lowest BCUT2D eigenvalue weighted by Gasteiger charge is -2.32. The zero-order valence-corrected chi connectivity index (χ0v) is 16.3. The highest BCUT2D eigenvalue weighted by molar-refractivity contribution is 6.33. The van der Waals surface area contributed by atoms with Crippen molar-refractivity contribution in [3.63, 3.8) is 0 Å². The zero-order chi connectivity index (χ0) is 20.1. The number of likely N-dealkylation sites (tertiary alicyclic amines) is 1. The van der Waals surface area contributed by atoms with Gasteiger partial charge >= 0.3 is 0 Å². The van der Waals surface area contributed by atoms with E-state index >= 15 is 0 Å². The number of hydrogen-bond acceptors (Lipinski definition) is 3. The molecule has 0 saturated carbocycles. The van der Waals surface area contributed by atoms with Crippen LogP contribution in [0.3, 0.4) is 0 Å². The number of rotatable bonds is 4. The third kappa shape index (κ3) is 4.89. The fourth-order valence-electron chi connectivity index (χ4n) is 3.24. The predicted molar refractivity (Wildman–Crippen MR) is 109 cm³/mol. The number of amides is 3. The van der Waals surface area contributed by atoms with E-state index in [9.17, 15) is 14.4 Å². The second kappa shape index (κ2) is 8.89. The van der Waals surface area contributed by atoms with E-state index in [1.54, 1.807) is 53.4 Å². The van der Waals surface area contributed by atoms with Crippen LogP contribution >= 0.6 is 11.6 Å². The number of carbonyl (C=O) groups excluding carboxylic acids is 3. The number of hydrogen-bond donors (Lipinski definition) is 2. The van der Waals surface area contributed by atoms with Crippen LogP contribution in [0.2, 0.25) is 5.02 Å². The van der Waals surface area contributed by atoms with E-state index < -0.39 is 0 Å². The van der Waals surface area contributed by atoms with Crippen molar-refractivity contribution in [2.45, 2.75) is 25.8 Å². The van der Waals surface area contributed by atoms with Crippen LogP contribution in [0.15, 0.2) is 48.5 Å². The summed E-state index contributed by atoms with van der Waals surface area (Å²) in [7, 11) is 0. The number of benzene rings is 2. The maximum absolute atomic E-state index is 12.6. The molecule has 3 rings (SSSR count). The summed E-state index contributed by atoms with van der Waals surface area (Å²) in [6, 6.07) is 13.8. The summed E-state index contributed by atoms with van der Waals surface area (Å²) in [5.74, 6) is -0.463. The maximum Gasteiger partial charge on any atom is 0.255 e. The van der Waals surface area contributed by atoms with Gasteiger partial charge in [-0.3, -0.25) is 14.4 Å². The standard InChI is InChI=1S/C21H22ClN3O3/c1-14(26)23-17-6-4-5-15(13-17)20(27)24-16-9-11-25(12-10-16)21(28)18-7-2-3-8-19(18)22/h2-8,13,16H,9-12H2,1H3,(H,23,26)(H,24,27). The van der Waals surface area contributed by atoms with Gasteiger partial charge in [-0.15, -0.1) is 0 Å². The van der Waals surface area contributed by atoms with Crippen LogP contribution in [0, 0.1) is 0 Å². The van der Waals surface area contributed by atoms with E-state index in [1.165, 1.54) is 6.92 Å². The molecular formula is C21H22ClN3O3. The number of nitrogens with zero attached hydrogens (tertiary/aromatic N) is 1. The third-order valence-corrected chi connectivity index (χ3v) is 5.00. The van der Waals surface area contributed by atoms with E-state index in [0.29, 0.717) is 47.8 Å². The Balaban J connectivity index is 1.55. The Labute approximate surface area is 168 Å². The molecule has 1 aliphatic rings. The monoisotopic (exact) mass is 399 g/mol. The average Bonchev–Trinajstić information content (AvgIpc) is 2.68. The first-order valence-electron chi connectivity index (χ1n) is 9.16. The lowest BCUT2D eigenvalue weighted by atomic mass is 10.0. The average molecular weight is 400 g/mol. The molecule has 0 unspecified atom stereocenters. The first-order valence-corrected chi connectivity index (χ1v) is 9.54. The van der Waals surface area contributed by atoms with Crippen molar-refractivity contribution in [3.05, 3.63) is 64.7 Å². The van der Waals surface area contributed by atoms with Gasteiger partial charge in [-0.1, -0.05) is 29.8 Å². The Morgan fingerprint density at radius 3 is 2.43 bits per heavy atom. The molecule has 1 heterocycles. The molecule has 0 aliphatic carbocycles. The van der Waals surface area contributed by atoms with Crippen LogP contribution in [-0.2, 0) is 4.79 Å². The number of piperidine rings is 1. The molecule has 0 atom stereocenters. The third-order valence-electron chi connectivity index (χ3n) is 4.67. The second-order valence-electron chi connectivity index (χ2n) is 6.78. The summed E-state index contributed by atoms with van der Waals surface area (Å²) >= 11 is 6.12. The molecule has 3 amide bonds. The summed E-state index contributed by atoms with van der Waals surface area (Å²) in [5.41, 5.74) is 1.57. The quantitative estimate of drug-likeness (QED) is 0.827. The molecule has 0 spiro atoms. The van der Waals surface area contributed by atoms with E-state index in [4.69, 9.17) is 11.6 Å². The Bertz CT molecular complexity index is 892. The van der Waals surface area contributed by atoms with Crippen LogP contribution in [-0.4, -0.2) is 41.8 Å². The van der Waals surface area contributed by atoms with Crippen molar-refractivity contribution >= 4 is 35.0 Å². The van der Waals surface area contributed by atoms with Crippen molar-refractivity contribution in [2.24, 2.45) is 0 Å². The number of halogens is 1. The predicted octanol–water partition coefficient (Wildman–Crippen LogP) is 3.33. The lowest BCUT2D eigenvalue weighted by Crippen LogP contribution is -2.46. The number of carbonyl (C=O) groups is 3. The lowest BCUT2D eigenvalue weighted by molar-refractivity contribution is -0.114. The van der Waals surface area contributed by atoms with E-state index in [1.807, 2.05) is 0 Å². The molecule has 7 heteroatoms. The molecule has 2 N–H and O–H groups in total. The smallest absolute Gasteiger partial charge is 0.255 e. The second-order valence-corrected chi connectivity index (χ2v) is 7.19. The topological polar surface area (TPSA) is 78.5 Å². The van der Waals surface area contributed by atoms with E-state index in [0.717, 1.165) is 0 Å². The van der Waals surface area contributed by atoms with Gasteiger partial charge in [-0.2, -0.15) is 0 Å². The molecule has 28 heavy (non-hydrogen) atoms. The minimum Gasteiger partial charge on any atom is -0.349 e. The highest BCUT2D eigenvalue weighted by Gasteiger charge is 2.25. The molecule has 1 saturated heterocycles. The summed E-state index contributed by atoms with van der Waals surface area (Å²) < 4.78 is 0. The van der Waals surface area contributed by atoms with Crippen LogP contribution in [0.1, 0.15) is 40.5 Å². The van der Waals surface area contributed by atoms with Crippen LogP contribution in [0.5, 0.6) is 0 Å². The molecule has 0 radical (unpaired) electrons. The number of anilines is 1. The Kier molecular flexibility index (Phi) is 6.31. The first-order chi connectivity index (χ1) is 13.4. The van der Waals surface area contributed by atoms with Crippen molar-refractivity contribution in [1.82, 2.24) is 10.2 Å².